The maximum atomic E-state index is 13.2. The van der Waals surface area contributed by atoms with Crippen molar-refractivity contribution in [3.63, 3.8) is 0 Å². The summed E-state index contributed by atoms with van der Waals surface area (Å²) in [7, 11) is 0. The Labute approximate surface area is 122 Å². The average molecular weight is 294 g/mol. The third-order valence-electron chi connectivity index (χ3n) is 3.66. The monoisotopic (exact) mass is 294 g/mol. The highest BCUT2D eigenvalue weighted by Gasteiger charge is 2.27. The number of halogens is 1. The topological polar surface area (TPSA) is 78.4 Å². The van der Waals surface area contributed by atoms with Crippen LogP contribution in [0.25, 0.3) is 0 Å². The second-order valence-electron chi connectivity index (χ2n) is 5.51. The van der Waals surface area contributed by atoms with E-state index < -0.39 is 23.7 Å². The van der Waals surface area contributed by atoms with E-state index in [1.54, 1.807) is 13.0 Å². The van der Waals surface area contributed by atoms with E-state index in [0.29, 0.717) is 24.1 Å². The Morgan fingerprint density at radius 1 is 1.29 bits per heavy atom. The molecule has 3 N–H and O–H groups in total. The van der Waals surface area contributed by atoms with Crippen molar-refractivity contribution in [2.75, 3.05) is 5.32 Å². The molecule has 0 saturated heterocycles. The number of aliphatic carboxylic acids is 1. The molecule has 0 heterocycles. The summed E-state index contributed by atoms with van der Waals surface area (Å²) in [6, 6.07) is 3.70. The van der Waals surface area contributed by atoms with Crippen molar-refractivity contribution in [1.82, 2.24) is 5.32 Å². The van der Waals surface area contributed by atoms with Crippen molar-refractivity contribution < 1.29 is 19.1 Å². The van der Waals surface area contributed by atoms with Crippen LogP contribution >= 0.6 is 0 Å². The number of aryl methyl sites for hydroxylation is 1. The van der Waals surface area contributed by atoms with Crippen molar-refractivity contribution in [2.45, 2.75) is 38.6 Å². The summed E-state index contributed by atoms with van der Waals surface area (Å²) in [6.07, 6.45) is 2.63. The summed E-state index contributed by atoms with van der Waals surface area (Å²) >= 11 is 0. The van der Waals surface area contributed by atoms with Gasteiger partial charge < -0.3 is 15.7 Å². The molecule has 2 rings (SSSR count). The molecule has 0 radical (unpaired) electrons. The van der Waals surface area contributed by atoms with Crippen molar-refractivity contribution in [2.24, 2.45) is 5.92 Å². The number of benzene rings is 1. The van der Waals surface area contributed by atoms with E-state index in [1.807, 2.05) is 0 Å². The van der Waals surface area contributed by atoms with Gasteiger partial charge in [-0.25, -0.2) is 9.18 Å². The van der Waals surface area contributed by atoms with E-state index >= 15 is 0 Å². The lowest BCUT2D eigenvalue weighted by molar-refractivity contribution is -0.143. The Morgan fingerprint density at radius 3 is 2.71 bits per heavy atom. The number of rotatable bonds is 3. The van der Waals surface area contributed by atoms with Crippen LogP contribution in [0, 0.1) is 18.7 Å². The fraction of sp³-hybridized carbons (Fsp3) is 0.467. The highest BCUT2D eigenvalue weighted by Crippen LogP contribution is 2.24. The van der Waals surface area contributed by atoms with Crippen LogP contribution in [-0.4, -0.2) is 23.1 Å². The van der Waals surface area contributed by atoms with Crippen molar-refractivity contribution in [3.8, 4) is 0 Å². The molecule has 1 fully saturated rings. The van der Waals surface area contributed by atoms with Crippen LogP contribution in [0.2, 0.25) is 0 Å². The van der Waals surface area contributed by atoms with Crippen LogP contribution in [0.15, 0.2) is 18.2 Å². The Balaban J connectivity index is 1.90. The predicted molar refractivity (Wildman–Crippen MR) is 76.7 cm³/mol. The van der Waals surface area contributed by atoms with Gasteiger partial charge in [0, 0.05) is 11.7 Å². The number of carbonyl (C=O) groups is 2. The fourth-order valence-electron chi connectivity index (χ4n) is 2.71. The summed E-state index contributed by atoms with van der Waals surface area (Å²) in [5.41, 5.74) is 1.10. The van der Waals surface area contributed by atoms with E-state index in [0.717, 1.165) is 12.8 Å². The quantitative estimate of drug-likeness (QED) is 0.802. The van der Waals surface area contributed by atoms with Crippen molar-refractivity contribution in [1.29, 1.82) is 0 Å². The van der Waals surface area contributed by atoms with Crippen LogP contribution in [-0.2, 0) is 4.79 Å². The molecule has 21 heavy (non-hydrogen) atoms. The summed E-state index contributed by atoms with van der Waals surface area (Å²) in [6.45, 7) is 1.74. The minimum absolute atomic E-state index is 0.158. The molecule has 1 aromatic rings. The first-order valence-electron chi connectivity index (χ1n) is 7.01. The van der Waals surface area contributed by atoms with Crippen LogP contribution in [0.4, 0.5) is 14.9 Å². The number of anilines is 1. The average Bonchev–Trinajstić information content (AvgIpc) is 2.37. The van der Waals surface area contributed by atoms with Gasteiger partial charge in [-0.15, -0.1) is 0 Å². The van der Waals surface area contributed by atoms with E-state index in [-0.39, 0.29) is 6.04 Å². The van der Waals surface area contributed by atoms with Crippen LogP contribution in [0.3, 0.4) is 0 Å². The van der Waals surface area contributed by atoms with Gasteiger partial charge in [0.05, 0.1) is 5.92 Å². The number of hydrogen-bond donors (Lipinski definition) is 3. The SMILES string of the molecule is Cc1cc(F)cc(NC(=O)NC2CCCC(C(=O)O)C2)c1. The van der Waals surface area contributed by atoms with Gasteiger partial charge >= 0.3 is 12.0 Å². The lowest BCUT2D eigenvalue weighted by Crippen LogP contribution is -2.42. The molecular weight excluding hydrogens is 275 g/mol. The van der Waals surface area contributed by atoms with Crippen LogP contribution in [0.1, 0.15) is 31.2 Å². The first kappa shape index (κ1) is 15.3. The second kappa shape index (κ2) is 6.56. The summed E-state index contributed by atoms with van der Waals surface area (Å²) in [4.78, 5) is 22.9. The first-order chi connectivity index (χ1) is 9.94. The molecule has 6 heteroatoms. The molecule has 0 spiro atoms. The molecule has 2 amide bonds. The third-order valence-corrected chi connectivity index (χ3v) is 3.66. The van der Waals surface area contributed by atoms with E-state index in [4.69, 9.17) is 5.11 Å². The summed E-state index contributed by atoms with van der Waals surface area (Å²) in [5, 5.41) is 14.3. The summed E-state index contributed by atoms with van der Waals surface area (Å²) < 4.78 is 13.2. The first-order valence-corrected chi connectivity index (χ1v) is 7.01. The Morgan fingerprint density at radius 2 is 2.05 bits per heavy atom. The predicted octanol–water partition coefficient (Wildman–Crippen LogP) is 2.90. The molecule has 1 aromatic carbocycles. The molecule has 1 saturated carbocycles. The highest BCUT2D eigenvalue weighted by molar-refractivity contribution is 5.89. The molecule has 5 nitrogen and oxygen atoms in total. The van der Waals surface area contributed by atoms with Gasteiger partial charge in [-0.2, -0.15) is 0 Å². The normalized spacial score (nSPS) is 21.6. The van der Waals surface area contributed by atoms with Crippen LogP contribution in [0.5, 0.6) is 0 Å². The number of carboxylic acids is 1. The molecule has 0 aliphatic heterocycles. The highest BCUT2D eigenvalue weighted by atomic mass is 19.1. The molecule has 0 bridgehead atoms. The maximum Gasteiger partial charge on any atom is 0.319 e. The smallest absolute Gasteiger partial charge is 0.319 e. The van der Waals surface area contributed by atoms with Gasteiger partial charge in [-0.05, 0) is 49.9 Å². The molecule has 2 unspecified atom stereocenters. The molecule has 0 aromatic heterocycles. The van der Waals surface area contributed by atoms with Gasteiger partial charge in [0.15, 0.2) is 0 Å². The number of amides is 2. The largest absolute Gasteiger partial charge is 0.481 e. The van der Waals surface area contributed by atoms with E-state index in [1.165, 1.54) is 12.1 Å². The lowest BCUT2D eigenvalue weighted by Gasteiger charge is -2.27. The zero-order chi connectivity index (χ0) is 15.4. The lowest BCUT2D eigenvalue weighted by atomic mass is 9.86. The van der Waals surface area contributed by atoms with Crippen molar-refractivity contribution in [3.05, 3.63) is 29.6 Å². The fourth-order valence-corrected chi connectivity index (χ4v) is 2.71. The number of carboxylic acid groups (broad SMARTS) is 1. The number of hydrogen-bond acceptors (Lipinski definition) is 2. The van der Waals surface area contributed by atoms with Crippen molar-refractivity contribution >= 4 is 17.7 Å². The maximum absolute atomic E-state index is 13.2. The number of urea groups is 1. The van der Waals surface area contributed by atoms with Gasteiger partial charge in [0.25, 0.3) is 0 Å². The minimum Gasteiger partial charge on any atom is -0.481 e. The van der Waals surface area contributed by atoms with Crippen LogP contribution < -0.4 is 10.6 Å². The van der Waals surface area contributed by atoms with E-state index in [2.05, 4.69) is 10.6 Å². The Kier molecular flexibility index (Phi) is 4.77. The van der Waals surface area contributed by atoms with E-state index in [9.17, 15) is 14.0 Å². The molecule has 1 aliphatic rings. The van der Waals surface area contributed by atoms with Gasteiger partial charge in [-0.3, -0.25) is 4.79 Å². The molecule has 1 aliphatic carbocycles. The standard InChI is InChI=1S/C15H19FN2O3/c1-9-5-11(16)8-13(6-9)18-15(21)17-12-4-2-3-10(7-12)14(19)20/h5-6,8,10,12H,2-4,7H2,1H3,(H,19,20)(H2,17,18,21). The minimum atomic E-state index is -0.817. The Hall–Kier alpha value is -2.11. The summed E-state index contributed by atoms with van der Waals surface area (Å²) in [5.74, 6) is -1.63. The van der Waals surface area contributed by atoms with Gasteiger partial charge in [-0.1, -0.05) is 6.42 Å². The molecular formula is C15H19FN2O3. The number of nitrogens with one attached hydrogen (secondary N) is 2. The Bertz CT molecular complexity index is 527. The number of carbonyl (C=O) groups excluding carboxylic acids is 1. The second-order valence-corrected chi connectivity index (χ2v) is 5.51. The molecule has 114 valence electrons. The third kappa shape index (κ3) is 4.44. The molecule has 2 atom stereocenters. The van der Waals surface area contributed by atoms with Gasteiger partial charge in [0.1, 0.15) is 5.82 Å². The van der Waals surface area contributed by atoms with Gasteiger partial charge in [0.2, 0.25) is 0 Å². The zero-order valence-corrected chi connectivity index (χ0v) is 11.9. The zero-order valence-electron chi connectivity index (χ0n) is 11.9.